The molecule has 164 valence electrons. The third kappa shape index (κ3) is 7.96. The van der Waals surface area contributed by atoms with Gasteiger partial charge in [0.05, 0.1) is 4.90 Å². The van der Waals surface area contributed by atoms with Gasteiger partial charge in [-0.15, -0.1) is 24.8 Å². The van der Waals surface area contributed by atoms with E-state index in [0.717, 1.165) is 15.4 Å². The summed E-state index contributed by atoms with van der Waals surface area (Å²) < 4.78 is 28.8. The van der Waals surface area contributed by atoms with Crippen LogP contribution in [0, 0.1) is 0 Å². The van der Waals surface area contributed by atoms with E-state index in [1.54, 1.807) is 30.6 Å². The molecule has 0 radical (unpaired) electrons. The third-order valence-electron chi connectivity index (χ3n) is 3.97. The fraction of sp³-hybridized carbons (Fsp3) is 0.150. The van der Waals surface area contributed by atoms with Crippen LogP contribution in [0.15, 0.2) is 76.4 Å². The number of hydrogen-bond donors (Lipinski definition) is 2. The molecule has 4 N–H and O–H groups in total. The molecule has 0 aliphatic carbocycles. The van der Waals surface area contributed by atoms with Gasteiger partial charge in [0.15, 0.2) is 0 Å². The second-order valence-electron chi connectivity index (χ2n) is 5.91. The first kappa shape index (κ1) is 28.5. The Hall–Kier alpha value is -1.52. The molecule has 1 aromatic heterocycles. The molecule has 0 saturated heterocycles. The highest BCUT2D eigenvalue weighted by atomic mass is 79.9. The highest BCUT2D eigenvalue weighted by Gasteiger charge is 2.16. The lowest BCUT2D eigenvalue weighted by Crippen LogP contribution is -2.32. The Morgan fingerprint density at radius 3 is 2.47 bits per heavy atom. The van der Waals surface area contributed by atoms with Crippen molar-refractivity contribution < 1.29 is 13.9 Å². The average molecular weight is 537 g/mol. The lowest BCUT2D eigenvalue weighted by molar-refractivity contribution is 0.579. The molecule has 10 heteroatoms. The van der Waals surface area contributed by atoms with Crippen molar-refractivity contribution in [2.45, 2.75) is 4.90 Å². The van der Waals surface area contributed by atoms with Gasteiger partial charge in [-0.3, -0.25) is 4.98 Å². The molecule has 0 saturated carbocycles. The zero-order valence-corrected chi connectivity index (χ0v) is 20.0. The van der Waals surface area contributed by atoms with Gasteiger partial charge >= 0.3 is 0 Å². The second-order valence-corrected chi connectivity index (χ2v) is 8.56. The number of hydrogen-bond acceptors (Lipinski definition) is 4. The van der Waals surface area contributed by atoms with Gasteiger partial charge < -0.3 is 10.8 Å². The largest absolute Gasteiger partial charge is 0.412 e. The zero-order chi connectivity index (χ0) is 19.1. The maximum atomic E-state index is 12.6. The molecule has 0 fully saturated rings. The maximum absolute atomic E-state index is 12.6. The predicted molar refractivity (Wildman–Crippen MR) is 131 cm³/mol. The minimum atomic E-state index is -3.57. The standard InChI is InChI=1S/C20H20BrN3O2S.2ClH.H2O/c21-18-8-6-16(7-9-18)3-2-11-22-13-14-24-27(25,26)20-5-1-4-17-15-23-12-10-19(17)20;;;/h1-10,12,15,22,24H,11,13-14H2;2*1H;1H2/b3-2+;;;. The molecule has 0 aliphatic heterocycles. The monoisotopic (exact) mass is 535 g/mol. The van der Waals surface area contributed by atoms with Crippen molar-refractivity contribution in [3.05, 3.63) is 77.0 Å². The SMILES string of the molecule is Cl.Cl.O.O=S(=O)(NCCNC/C=C/c1ccc(Br)cc1)c1cccc2cnccc12. The first-order valence-corrected chi connectivity index (χ1v) is 10.8. The predicted octanol–water partition coefficient (Wildman–Crippen LogP) is 3.60. The second kappa shape index (κ2) is 13.7. The van der Waals surface area contributed by atoms with E-state index in [2.05, 4.69) is 31.0 Å². The molecule has 2 aromatic carbocycles. The normalized spacial score (nSPS) is 10.8. The van der Waals surface area contributed by atoms with Gasteiger partial charge in [-0.2, -0.15) is 0 Å². The van der Waals surface area contributed by atoms with Crippen molar-refractivity contribution in [1.29, 1.82) is 0 Å². The van der Waals surface area contributed by atoms with Crippen molar-refractivity contribution >= 4 is 67.6 Å². The summed E-state index contributed by atoms with van der Waals surface area (Å²) in [4.78, 5) is 4.31. The van der Waals surface area contributed by atoms with Crippen molar-refractivity contribution in [3.8, 4) is 0 Å². The molecule has 6 nitrogen and oxygen atoms in total. The van der Waals surface area contributed by atoms with Crippen LogP contribution in [-0.2, 0) is 10.0 Å². The van der Waals surface area contributed by atoms with Gasteiger partial charge in [0.2, 0.25) is 10.0 Å². The summed E-state index contributed by atoms with van der Waals surface area (Å²) in [7, 11) is -3.57. The Balaban J connectivity index is 0.00000280. The first-order valence-electron chi connectivity index (χ1n) is 8.51. The van der Waals surface area contributed by atoms with Crippen LogP contribution < -0.4 is 10.0 Å². The van der Waals surface area contributed by atoms with E-state index in [1.807, 2.05) is 42.5 Å². The summed E-state index contributed by atoms with van der Waals surface area (Å²) >= 11 is 3.41. The van der Waals surface area contributed by atoms with Crippen LogP contribution in [0.2, 0.25) is 0 Å². The first-order chi connectivity index (χ1) is 13.1. The highest BCUT2D eigenvalue weighted by Crippen LogP contribution is 2.21. The van der Waals surface area contributed by atoms with Gasteiger partial charge in [0, 0.05) is 47.3 Å². The Morgan fingerprint density at radius 2 is 1.73 bits per heavy atom. The molecule has 0 atom stereocenters. The topological polar surface area (TPSA) is 103 Å². The minimum Gasteiger partial charge on any atom is -0.412 e. The summed E-state index contributed by atoms with van der Waals surface area (Å²) in [6.45, 7) is 1.52. The molecule has 3 aromatic rings. The molecular formula is C20H24BrCl2N3O3S. The van der Waals surface area contributed by atoms with Crippen LogP contribution >= 0.6 is 40.7 Å². The van der Waals surface area contributed by atoms with Crippen molar-refractivity contribution in [2.24, 2.45) is 0 Å². The van der Waals surface area contributed by atoms with Crippen LogP contribution in [0.3, 0.4) is 0 Å². The summed E-state index contributed by atoms with van der Waals surface area (Å²) in [6.07, 6.45) is 7.29. The molecule has 0 amide bonds. The fourth-order valence-electron chi connectivity index (χ4n) is 2.63. The van der Waals surface area contributed by atoms with E-state index in [-0.39, 0.29) is 35.2 Å². The fourth-order valence-corrected chi connectivity index (χ4v) is 4.16. The van der Waals surface area contributed by atoms with Crippen molar-refractivity contribution in [1.82, 2.24) is 15.0 Å². The highest BCUT2D eigenvalue weighted by molar-refractivity contribution is 9.10. The Bertz CT molecular complexity index is 1040. The molecule has 0 spiro atoms. The molecule has 0 aliphatic rings. The Kier molecular flexibility index (Phi) is 13.0. The quantitative estimate of drug-likeness (QED) is 0.429. The Labute approximate surface area is 197 Å². The van der Waals surface area contributed by atoms with E-state index in [0.29, 0.717) is 25.0 Å². The van der Waals surface area contributed by atoms with Crippen LogP contribution in [0.5, 0.6) is 0 Å². The molecule has 0 unspecified atom stereocenters. The van der Waals surface area contributed by atoms with Gasteiger partial charge in [0.1, 0.15) is 0 Å². The molecule has 1 heterocycles. The summed E-state index contributed by atoms with van der Waals surface area (Å²) in [5, 5.41) is 4.67. The van der Waals surface area contributed by atoms with Gasteiger partial charge in [-0.05, 0) is 29.8 Å². The number of fused-ring (bicyclic) bond motifs is 1. The molecular weight excluding hydrogens is 513 g/mol. The van der Waals surface area contributed by atoms with Crippen LogP contribution in [-0.4, -0.2) is 38.5 Å². The maximum Gasteiger partial charge on any atom is 0.241 e. The summed E-state index contributed by atoms with van der Waals surface area (Å²) in [6, 6.07) is 14.9. The number of halogens is 3. The van der Waals surface area contributed by atoms with Gasteiger partial charge in [-0.25, -0.2) is 13.1 Å². The van der Waals surface area contributed by atoms with Crippen molar-refractivity contribution in [3.63, 3.8) is 0 Å². The lowest BCUT2D eigenvalue weighted by Gasteiger charge is -2.09. The van der Waals surface area contributed by atoms with E-state index < -0.39 is 10.0 Å². The number of pyridine rings is 1. The minimum absolute atomic E-state index is 0. The average Bonchev–Trinajstić information content (AvgIpc) is 2.68. The van der Waals surface area contributed by atoms with Crippen LogP contribution in [0.25, 0.3) is 16.8 Å². The number of rotatable bonds is 8. The van der Waals surface area contributed by atoms with E-state index >= 15 is 0 Å². The zero-order valence-electron chi connectivity index (χ0n) is 15.9. The van der Waals surface area contributed by atoms with E-state index in [9.17, 15) is 8.42 Å². The lowest BCUT2D eigenvalue weighted by atomic mass is 10.2. The van der Waals surface area contributed by atoms with Gasteiger partial charge in [-0.1, -0.05) is 52.3 Å². The van der Waals surface area contributed by atoms with Crippen LogP contribution in [0.4, 0.5) is 0 Å². The number of aromatic nitrogens is 1. The number of benzene rings is 2. The van der Waals surface area contributed by atoms with Crippen molar-refractivity contribution in [2.75, 3.05) is 19.6 Å². The summed E-state index contributed by atoms with van der Waals surface area (Å²) in [5.41, 5.74) is 1.12. The number of nitrogens with zero attached hydrogens (tertiary/aromatic N) is 1. The van der Waals surface area contributed by atoms with Crippen LogP contribution in [0.1, 0.15) is 5.56 Å². The summed E-state index contributed by atoms with van der Waals surface area (Å²) in [5.74, 6) is 0. The molecule has 3 rings (SSSR count). The number of nitrogens with one attached hydrogen (secondary N) is 2. The third-order valence-corrected chi connectivity index (χ3v) is 6.01. The van der Waals surface area contributed by atoms with E-state index in [4.69, 9.17) is 0 Å². The van der Waals surface area contributed by atoms with Gasteiger partial charge in [0.25, 0.3) is 0 Å². The smallest absolute Gasteiger partial charge is 0.241 e. The number of sulfonamides is 1. The molecule has 30 heavy (non-hydrogen) atoms. The van der Waals surface area contributed by atoms with E-state index in [1.165, 1.54) is 0 Å². The molecule has 0 bridgehead atoms. The Morgan fingerprint density at radius 1 is 1.00 bits per heavy atom.